The number of ether oxygens (including phenoxy) is 1. The molecule has 12 nitrogen and oxygen atoms in total. The Balaban J connectivity index is 1.17. The van der Waals surface area contributed by atoms with Crippen LogP contribution in [0.3, 0.4) is 0 Å². The van der Waals surface area contributed by atoms with Crippen molar-refractivity contribution in [2.24, 2.45) is 5.73 Å². The molecule has 0 aliphatic carbocycles. The van der Waals surface area contributed by atoms with Gasteiger partial charge in [-0.25, -0.2) is 14.1 Å². The van der Waals surface area contributed by atoms with Gasteiger partial charge in [-0.15, -0.1) is 0 Å². The smallest absolute Gasteiger partial charge is 0.267 e. The van der Waals surface area contributed by atoms with E-state index in [1.165, 1.54) is 12.3 Å². The first kappa shape index (κ1) is 38.1. The molecule has 0 saturated carbocycles. The molecule has 0 radical (unpaired) electrons. The summed E-state index contributed by atoms with van der Waals surface area (Å²) in [4.78, 5) is 38.7. The van der Waals surface area contributed by atoms with Crippen molar-refractivity contribution in [2.45, 2.75) is 78.2 Å². The second kappa shape index (κ2) is 17.1. The number of hydrogen-bond acceptors (Lipinski definition) is 9. The van der Waals surface area contributed by atoms with E-state index in [1.54, 1.807) is 18.2 Å². The van der Waals surface area contributed by atoms with Gasteiger partial charge in [0.05, 0.1) is 17.3 Å². The number of aromatic nitrogens is 4. The third-order valence-electron chi connectivity index (χ3n) is 10.6. The Hall–Kier alpha value is -5.24. The summed E-state index contributed by atoms with van der Waals surface area (Å²) in [5.41, 5.74) is 13.0. The van der Waals surface area contributed by atoms with Crippen molar-refractivity contribution in [3.05, 3.63) is 106 Å². The molecule has 2 saturated heterocycles. The van der Waals surface area contributed by atoms with Crippen LogP contribution in [0, 0.1) is 5.82 Å². The normalized spacial score (nSPS) is 16.7. The summed E-state index contributed by atoms with van der Waals surface area (Å²) in [6.45, 7) is 12.0. The standard InChI is InChI=1S/C42H50FN9O3/c1-4-37-34(38(49-30-12-17-55-18-13-30)35-23-48-52(5-2)41(35)50-37)21-33-31(11-14-46-39(33)40(44)53)42(54)47-22-27-9-10-36(43)32(20-27)29-8-6-7-28(19-29)25-51-16-15-45-26(3)24-51/h6-11,14,19-20,23,26,30,45H,4-5,12-13,15-18,21-22,24-25H2,1-3H3,(H2,44,53)(H,47,54)(H,49,50)/t26-/m0/s1. The monoisotopic (exact) mass is 747 g/mol. The molecule has 2 amide bonds. The number of halogens is 1. The summed E-state index contributed by atoms with van der Waals surface area (Å²) in [6, 6.07) is 15.1. The number of piperazine rings is 1. The molecule has 13 heteroatoms. The van der Waals surface area contributed by atoms with Gasteiger partial charge in [-0.2, -0.15) is 5.10 Å². The molecule has 5 N–H and O–H groups in total. The highest BCUT2D eigenvalue weighted by Gasteiger charge is 2.26. The zero-order valence-corrected chi connectivity index (χ0v) is 31.8. The molecule has 0 unspecified atom stereocenters. The fraction of sp³-hybridized carbons (Fsp3) is 0.405. The molecule has 2 aliphatic heterocycles. The highest BCUT2D eigenvalue weighted by Crippen LogP contribution is 2.34. The van der Waals surface area contributed by atoms with Gasteiger partial charge < -0.3 is 26.4 Å². The number of anilines is 1. The molecule has 288 valence electrons. The number of aryl methyl sites for hydroxylation is 2. The second-order valence-corrected chi connectivity index (χ2v) is 14.5. The first-order chi connectivity index (χ1) is 26.7. The van der Waals surface area contributed by atoms with E-state index in [-0.39, 0.29) is 36.1 Å². The Morgan fingerprint density at radius 2 is 1.91 bits per heavy atom. The Labute approximate surface area is 321 Å². The van der Waals surface area contributed by atoms with Crippen molar-refractivity contribution in [1.82, 2.24) is 35.3 Å². The Bertz CT molecular complexity index is 2180. The number of nitrogens with zero attached hydrogens (tertiary/aromatic N) is 5. The summed E-state index contributed by atoms with van der Waals surface area (Å²) in [5.74, 6) is -1.47. The molecule has 0 spiro atoms. The van der Waals surface area contributed by atoms with Gasteiger partial charge in [0.2, 0.25) is 0 Å². The summed E-state index contributed by atoms with van der Waals surface area (Å²) in [6.07, 6.45) is 5.73. The number of pyridine rings is 2. The van der Waals surface area contributed by atoms with Crippen LogP contribution in [-0.2, 0) is 37.2 Å². The average molecular weight is 748 g/mol. The quantitative estimate of drug-likeness (QED) is 0.127. The number of carbonyl (C=O) groups excluding carboxylic acids is 2. The van der Waals surface area contributed by atoms with E-state index in [9.17, 15) is 9.59 Å². The number of nitrogens with one attached hydrogen (secondary N) is 3. The van der Waals surface area contributed by atoms with E-state index in [1.807, 2.05) is 42.9 Å². The van der Waals surface area contributed by atoms with Gasteiger partial charge in [0.15, 0.2) is 5.65 Å². The highest BCUT2D eigenvalue weighted by atomic mass is 19.1. The average Bonchev–Trinajstić information content (AvgIpc) is 3.61. The predicted octanol–water partition coefficient (Wildman–Crippen LogP) is 5.22. The SMILES string of the molecule is CCc1nc2c(cnn2CC)c(NC2CCOCC2)c1Cc1c(C(=O)NCc2ccc(F)c(-c3cccc(CN4CCN[C@@H](C)C4)c3)c2)ccnc1C(N)=O. The molecule has 2 fully saturated rings. The number of primary amides is 1. The number of nitrogens with two attached hydrogens (primary N) is 1. The fourth-order valence-corrected chi connectivity index (χ4v) is 7.81. The minimum atomic E-state index is -0.730. The molecule has 2 aliphatic rings. The van der Waals surface area contributed by atoms with E-state index in [0.29, 0.717) is 43.3 Å². The molecule has 1 atom stereocenters. The van der Waals surface area contributed by atoms with Gasteiger partial charge in [-0.1, -0.05) is 31.2 Å². The fourth-order valence-electron chi connectivity index (χ4n) is 7.81. The molecule has 5 aromatic rings. The van der Waals surface area contributed by atoms with Crippen molar-refractivity contribution in [3.8, 4) is 11.1 Å². The van der Waals surface area contributed by atoms with Gasteiger partial charge >= 0.3 is 0 Å². The van der Waals surface area contributed by atoms with Crippen LogP contribution in [0.15, 0.2) is 60.9 Å². The van der Waals surface area contributed by atoms with Crippen molar-refractivity contribution in [2.75, 3.05) is 38.2 Å². The third kappa shape index (κ3) is 8.54. The van der Waals surface area contributed by atoms with Crippen LogP contribution in [0.2, 0.25) is 0 Å². The molecule has 0 bridgehead atoms. The topological polar surface area (TPSA) is 152 Å². The highest BCUT2D eigenvalue weighted by molar-refractivity contribution is 6.01. The van der Waals surface area contributed by atoms with Crippen molar-refractivity contribution in [1.29, 1.82) is 0 Å². The Morgan fingerprint density at radius 3 is 2.67 bits per heavy atom. The zero-order valence-electron chi connectivity index (χ0n) is 31.8. The van der Waals surface area contributed by atoms with Crippen LogP contribution in [0.4, 0.5) is 10.1 Å². The van der Waals surface area contributed by atoms with E-state index in [2.05, 4.69) is 43.9 Å². The van der Waals surface area contributed by atoms with Gasteiger partial charge in [0.1, 0.15) is 11.5 Å². The molecule has 5 heterocycles. The maximum absolute atomic E-state index is 15.3. The Morgan fingerprint density at radius 1 is 1.07 bits per heavy atom. The molecule has 7 rings (SSSR count). The first-order valence-corrected chi connectivity index (χ1v) is 19.3. The van der Waals surface area contributed by atoms with Gasteiger partial charge in [-0.05, 0) is 74.1 Å². The van der Waals surface area contributed by atoms with Crippen LogP contribution < -0.4 is 21.7 Å². The summed E-state index contributed by atoms with van der Waals surface area (Å²) in [5, 5.41) is 15.7. The lowest BCUT2D eigenvalue weighted by atomic mass is 9.93. The van der Waals surface area contributed by atoms with Crippen molar-refractivity contribution >= 4 is 28.5 Å². The van der Waals surface area contributed by atoms with Gasteiger partial charge in [-0.3, -0.25) is 19.5 Å². The first-order valence-electron chi connectivity index (χ1n) is 19.3. The lowest BCUT2D eigenvalue weighted by Crippen LogP contribution is -2.48. The van der Waals surface area contributed by atoms with E-state index >= 15 is 4.39 Å². The van der Waals surface area contributed by atoms with Gasteiger partial charge in [0, 0.05) is 105 Å². The largest absolute Gasteiger partial charge is 0.381 e. The van der Waals surface area contributed by atoms with Crippen LogP contribution in [0.1, 0.15) is 82.4 Å². The lowest BCUT2D eigenvalue weighted by molar-refractivity contribution is 0.0904. The predicted molar refractivity (Wildman–Crippen MR) is 211 cm³/mol. The van der Waals surface area contributed by atoms with E-state index < -0.39 is 11.8 Å². The van der Waals surface area contributed by atoms with E-state index in [0.717, 1.165) is 83.7 Å². The molecular formula is C42H50FN9O3. The number of fused-ring (bicyclic) bond motifs is 1. The van der Waals surface area contributed by atoms with Crippen LogP contribution >= 0.6 is 0 Å². The lowest BCUT2D eigenvalue weighted by Gasteiger charge is -2.31. The minimum absolute atomic E-state index is 0.0234. The molecule has 3 aromatic heterocycles. The zero-order chi connectivity index (χ0) is 38.5. The second-order valence-electron chi connectivity index (χ2n) is 14.5. The maximum atomic E-state index is 15.3. The van der Waals surface area contributed by atoms with Crippen LogP contribution in [0.25, 0.3) is 22.2 Å². The number of amides is 2. The van der Waals surface area contributed by atoms with Gasteiger partial charge in [0.25, 0.3) is 11.8 Å². The number of carbonyl (C=O) groups is 2. The summed E-state index contributed by atoms with van der Waals surface area (Å²) in [7, 11) is 0. The van der Waals surface area contributed by atoms with Crippen LogP contribution in [-0.4, -0.2) is 81.4 Å². The minimum Gasteiger partial charge on any atom is -0.381 e. The number of benzene rings is 2. The molecule has 55 heavy (non-hydrogen) atoms. The van der Waals surface area contributed by atoms with E-state index in [4.69, 9.17) is 15.5 Å². The Kier molecular flexibility index (Phi) is 11.8. The molecular weight excluding hydrogens is 698 g/mol. The summed E-state index contributed by atoms with van der Waals surface area (Å²) < 4.78 is 22.8. The summed E-state index contributed by atoms with van der Waals surface area (Å²) >= 11 is 0. The van der Waals surface area contributed by atoms with Crippen molar-refractivity contribution < 1.29 is 18.7 Å². The third-order valence-corrected chi connectivity index (χ3v) is 10.6. The number of rotatable bonds is 13. The molecule has 2 aromatic carbocycles. The number of hydrogen-bond donors (Lipinski definition) is 4. The maximum Gasteiger partial charge on any atom is 0.267 e. The van der Waals surface area contributed by atoms with Crippen molar-refractivity contribution in [3.63, 3.8) is 0 Å². The van der Waals surface area contributed by atoms with Crippen LogP contribution in [0.5, 0.6) is 0 Å².